The van der Waals surface area contributed by atoms with E-state index in [1.165, 1.54) is 17.4 Å². The SMILES string of the molecule is Fc1cccc(NCc2ccc(Cl)s2)n1. The summed E-state index contributed by atoms with van der Waals surface area (Å²) in [6, 6.07) is 8.42. The Hall–Kier alpha value is -1.13. The minimum atomic E-state index is -0.482. The number of thiophene rings is 1. The zero-order chi connectivity index (χ0) is 10.7. The fourth-order valence-corrected chi connectivity index (χ4v) is 2.16. The molecule has 0 aliphatic heterocycles. The van der Waals surface area contributed by atoms with E-state index in [2.05, 4.69) is 10.3 Å². The smallest absolute Gasteiger partial charge is 0.214 e. The van der Waals surface area contributed by atoms with Gasteiger partial charge >= 0.3 is 0 Å². The minimum Gasteiger partial charge on any atom is -0.365 e. The highest BCUT2D eigenvalue weighted by atomic mass is 35.5. The molecule has 2 heterocycles. The van der Waals surface area contributed by atoms with Gasteiger partial charge in [0.2, 0.25) is 5.95 Å². The Balaban J connectivity index is 1.99. The Kier molecular flexibility index (Phi) is 3.18. The van der Waals surface area contributed by atoms with Crippen molar-refractivity contribution in [2.24, 2.45) is 0 Å². The first kappa shape index (κ1) is 10.4. The minimum absolute atomic E-state index is 0.482. The summed E-state index contributed by atoms with van der Waals surface area (Å²) in [6.45, 7) is 0.605. The maximum Gasteiger partial charge on any atom is 0.214 e. The summed E-state index contributed by atoms with van der Waals surface area (Å²) in [5.74, 6) is 0.0451. The zero-order valence-corrected chi connectivity index (χ0v) is 9.28. The molecule has 0 radical (unpaired) electrons. The number of pyridine rings is 1. The summed E-state index contributed by atoms with van der Waals surface area (Å²) in [4.78, 5) is 4.78. The van der Waals surface area contributed by atoms with Crippen LogP contribution in [0, 0.1) is 5.95 Å². The van der Waals surface area contributed by atoms with E-state index >= 15 is 0 Å². The molecule has 0 unspecified atom stereocenters. The Morgan fingerprint density at radius 3 is 2.87 bits per heavy atom. The molecular weight excluding hydrogens is 235 g/mol. The van der Waals surface area contributed by atoms with Crippen LogP contribution in [0.3, 0.4) is 0 Å². The van der Waals surface area contributed by atoms with Gasteiger partial charge in [-0.2, -0.15) is 4.39 Å². The van der Waals surface area contributed by atoms with Crippen LogP contribution in [0.1, 0.15) is 4.88 Å². The van der Waals surface area contributed by atoms with Gasteiger partial charge in [0.15, 0.2) is 0 Å². The fourth-order valence-electron chi connectivity index (χ4n) is 1.13. The van der Waals surface area contributed by atoms with E-state index in [0.717, 1.165) is 9.21 Å². The van der Waals surface area contributed by atoms with E-state index in [9.17, 15) is 4.39 Å². The summed E-state index contributed by atoms with van der Waals surface area (Å²) in [5, 5.41) is 3.02. The second-order valence-electron chi connectivity index (χ2n) is 2.90. The number of nitrogens with one attached hydrogen (secondary N) is 1. The molecule has 0 fully saturated rings. The lowest BCUT2D eigenvalue weighted by Crippen LogP contribution is -2.00. The van der Waals surface area contributed by atoms with Crippen molar-refractivity contribution in [3.05, 3.63) is 45.5 Å². The summed E-state index contributed by atoms with van der Waals surface area (Å²) >= 11 is 7.28. The second-order valence-corrected chi connectivity index (χ2v) is 4.70. The molecule has 0 saturated heterocycles. The van der Waals surface area contributed by atoms with E-state index < -0.39 is 5.95 Å². The molecule has 2 aromatic rings. The Labute approximate surface area is 95.7 Å². The van der Waals surface area contributed by atoms with Crippen molar-refractivity contribution in [3.8, 4) is 0 Å². The fraction of sp³-hybridized carbons (Fsp3) is 0.100. The monoisotopic (exact) mass is 242 g/mol. The van der Waals surface area contributed by atoms with Gasteiger partial charge in [0.1, 0.15) is 5.82 Å². The first-order chi connectivity index (χ1) is 7.24. The quantitative estimate of drug-likeness (QED) is 0.833. The lowest BCUT2D eigenvalue weighted by Gasteiger charge is -2.02. The highest BCUT2D eigenvalue weighted by molar-refractivity contribution is 7.16. The van der Waals surface area contributed by atoms with Crippen LogP contribution < -0.4 is 5.32 Å². The molecule has 5 heteroatoms. The standard InChI is InChI=1S/C10H8ClFN2S/c11-8-5-4-7(15-8)6-13-10-3-1-2-9(12)14-10/h1-5H,6H2,(H,13,14). The Morgan fingerprint density at radius 1 is 1.33 bits per heavy atom. The summed E-state index contributed by atoms with van der Waals surface area (Å²) in [5.41, 5.74) is 0. The normalized spacial score (nSPS) is 10.3. The molecule has 0 saturated carbocycles. The van der Waals surface area contributed by atoms with E-state index in [4.69, 9.17) is 11.6 Å². The molecule has 2 aromatic heterocycles. The molecule has 0 bridgehead atoms. The van der Waals surface area contributed by atoms with E-state index in [1.807, 2.05) is 12.1 Å². The molecule has 78 valence electrons. The number of hydrogen-bond donors (Lipinski definition) is 1. The van der Waals surface area contributed by atoms with Crippen LogP contribution in [-0.2, 0) is 6.54 Å². The average molecular weight is 243 g/mol. The number of aromatic nitrogens is 1. The highest BCUT2D eigenvalue weighted by Gasteiger charge is 1.99. The van der Waals surface area contributed by atoms with Crippen LogP contribution in [0.15, 0.2) is 30.3 Å². The summed E-state index contributed by atoms with van der Waals surface area (Å²) in [7, 11) is 0. The molecule has 2 rings (SSSR count). The van der Waals surface area contributed by atoms with Gasteiger partial charge in [-0.15, -0.1) is 11.3 Å². The maximum absolute atomic E-state index is 12.7. The molecule has 0 amide bonds. The van der Waals surface area contributed by atoms with Crippen LogP contribution in [0.4, 0.5) is 10.2 Å². The number of halogens is 2. The van der Waals surface area contributed by atoms with Crippen LogP contribution in [0.25, 0.3) is 0 Å². The van der Waals surface area contributed by atoms with Gasteiger partial charge in [-0.3, -0.25) is 0 Å². The number of rotatable bonds is 3. The molecule has 0 aliphatic rings. The number of hydrogen-bond acceptors (Lipinski definition) is 3. The predicted octanol–water partition coefficient (Wildman–Crippen LogP) is 3.55. The van der Waals surface area contributed by atoms with Gasteiger partial charge in [-0.05, 0) is 24.3 Å². The molecule has 1 N–H and O–H groups in total. The largest absolute Gasteiger partial charge is 0.365 e. The highest BCUT2D eigenvalue weighted by Crippen LogP contribution is 2.21. The molecule has 0 aliphatic carbocycles. The third kappa shape index (κ3) is 2.91. The summed E-state index contributed by atoms with van der Waals surface area (Å²) in [6.07, 6.45) is 0. The van der Waals surface area contributed by atoms with Gasteiger partial charge in [0.25, 0.3) is 0 Å². The lowest BCUT2D eigenvalue weighted by atomic mass is 10.4. The molecular formula is C10H8ClFN2S. The van der Waals surface area contributed by atoms with Crippen molar-refractivity contribution in [2.75, 3.05) is 5.32 Å². The predicted molar refractivity (Wildman–Crippen MR) is 60.9 cm³/mol. The second kappa shape index (κ2) is 4.59. The first-order valence-electron chi connectivity index (χ1n) is 4.35. The summed E-state index contributed by atoms with van der Waals surface area (Å²) < 4.78 is 13.5. The average Bonchev–Trinajstić information content (AvgIpc) is 2.62. The van der Waals surface area contributed by atoms with Gasteiger partial charge in [0, 0.05) is 4.88 Å². The van der Waals surface area contributed by atoms with Crippen molar-refractivity contribution >= 4 is 28.8 Å². The van der Waals surface area contributed by atoms with Crippen molar-refractivity contribution < 1.29 is 4.39 Å². The van der Waals surface area contributed by atoms with E-state index in [0.29, 0.717) is 12.4 Å². The first-order valence-corrected chi connectivity index (χ1v) is 5.54. The van der Waals surface area contributed by atoms with Crippen molar-refractivity contribution in [3.63, 3.8) is 0 Å². The van der Waals surface area contributed by atoms with Crippen LogP contribution in [-0.4, -0.2) is 4.98 Å². The maximum atomic E-state index is 12.7. The van der Waals surface area contributed by atoms with Gasteiger partial charge in [-0.1, -0.05) is 17.7 Å². The number of nitrogens with zero attached hydrogens (tertiary/aromatic N) is 1. The zero-order valence-electron chi connectivity index (χ0n) is 7.71. The molecule has 0 atom stereocenters. The van der Waals surface area contributed by atoms with Crippen molar-refractivity contribution in [1.82, 2.24) is 4.98 Å². The molecule has 0 aromatic carbocycles. The van der Waals surface area contributed by atoms with Gasteiger partial charge in [0.05, 0.1) is 10.9 Å². The van der Waals surface area contributed by atoms with Crippen LogP contribution in [0.2, 0.25) is 4.34 Å². The van der Waals surface area contributed by atoms with E-state index in [1.54, 1.807) is 12.1 Å². The van der Waals surface area contributed by atoms with Crippen molar-refractivity contribution in [1.29, 1.82) is 0 Å². The Morgan fingerprint density at radius 2 is 2.20 bits per heavy atom. The third-order valence-corrected chi connectivity index (χ3v) is 3.02. The van der Waals surface area contributed by atoms with Crippen molar-refractivity contribution in [2.45, 2.75) is 6.54 Å². The third-order valence-electron chi connectivity index (χ3n) is 1.79. The van der Waals surface area contributed by atoms with Gasteiger partial charge in [-0.25, -0.2) is 4.98 Å². The van der Waals surface area contributed by atoms with Crippen LogP contribution in [0.5, 0.6) is 0 Å². The molecule has 2 nitrogen and oxygen atoms in total. The number of anilines is 1. The topological polar surface area (TPSA) is 24.9 Å². The molecule has 0 spiro atoms. The van der Waals surface area contributed by atoms with Gasteiger partial charge < -0.3 is 5.32 Å². The van der Waals surface area contributed by atoms with Crippen LogP contribution >= 0.6 is 22.9 Å². The lowest BCUT2D eigenvalue weighted by molar-refractivity contribution is 0.585. The molecule has 15 heavy (non-hydrogen) atoms. The van der Waals surface area contributed by atoms with E-state index in [-0.39, 0.29) is 0 Å². The Bertz CT molecular complexity index is 458.